The lowest BCUT2D eigenvalue weighted by Crippen LogP contribution is -1.97. The predicted octanol–water partition coefficient (Wildman–Crippen LogP) is 5.61. The van der Waals surface area contributed by atoms with Crippen LogP contribution in [0.2, 0.25) is 0 Å². The average Bonchev–Trinajstić information content (AvgIpc) is 2.68. The smallest absolute Gasteiger partial charge is 0.175 e. The van der Waals surface area contributed by atoms with Gasteiger partial charge in [-0.05, 0) is 38.3 Å². The molecule has 0 atom stereocenters. The van der Waals surface area contributed by atoms with E-state index in [1.54, 1.807) is 0 Å². The van der Waals surface area contributed by atoms with Gasteiger partial charge in [-0.2, -0.15) is 0 Å². The van der Waals surface area contributed by atoms with E-state index in [0.29, 0.717) is 11.8 Å². The monoisotopic (exact) mass is 384 g/mol. The Kier molecular flexibility index (Phi) is 3.83. The summed E-state index contributed by atoms with van der Waals surface area (Å²) in [5, 5.41) is 0.529. The van der Waals surface area contributed by atoms with Crippen LogP contribution >= 0.6 is 54.5 Å². The first-order valence-corrected chi connectivity index (χ1v) is 7.87. The maximum absolute atomic E-state index is 14.0. The van der Waals surface area contributed by atoms with E-state index >= 15 is 0 Å². The summed E-state index contributed by atoms with van der Waals surface area (Å²) < 4.78 is 16.4. The number of ketones is 1. The minimum atomic E-state index is -0.382. The van der Waals surface area contributed by atoms with Gasteiger partial charge in [-0.15, -0.1) is 22.7 Å². The zero-order valence-electron chi connectivity index (χ0n) is 8.27. The van der Waals surface area contributed by atoms with E-state index in [4.69, 9.17) is 0 Å². The molecule has 2 aromatic rings. The van der Waals surface area contributed by atoms with Crippen molar-refractivity contribution in [3.63, 3.8) is 0 Å². The zero-order chi connectivity index (χ0) is 11.9. The van der Waals surface area contributed by atoms with E-state index in [1.807, 2.05) is 6.92 Å². The molecule has 16 heavy (non-hydrogen) atoms. The van der Waals surface area contributed by atoms with Gasteiger partial charge >= 0.3 is 0 Å². The lowest BCUT2D eigenvalue weighted by molar-refractivity contribution is 0.0982. The highest BCUT2D eigenvalue weighted by molar-refractivity contribution is 9.12. The van der Waals surface area contributed by atoms with E-state index in [2.05, 4.69) is 31.9 Å². The minimum Gasteiger partial charge on any atom is -0.293 e. The summed E-state index contributed by atoms with van der Waals surface area (Å²) in [4.78, 5) is 11.9. The van der Waals surface area contributed by atoms with Crippen LogP contribution in [0.15, 0.2) is 7.57 Å². The molecule has 6 heteroatoms. The van der Waals surface area contributed by atoms with Gasteiger partial charge in [-0.25, -0.2) is 4.39 Å². The summed E-state index contributed by atoms with van der Waals surface area (Å²) in [7, 11) is 0. The molecule has 2 aromatic heterocycles. The summed E-state index contributed by atoms with van der Waals surface area (Å²) in [6.07, 6.45) is 1.14. The number of carbonyl (C=O) groups is 1. The Morgan fingerprint density at radius 1 is 1.31 bits per heavy atom. The molecule has 0 bridgehead atoms. The van der Waals surface area contributed by atoms with Crippen LogP contribution in [-0.4, -0.2) is 5.78 Å². The van der Waals surface area contributed by atoms with Crippen molar-refractivity contribution < 1.29 is 9.18 Å². The van der Waals surface area contributed by atoms with Gasteiger partial charge in [0.1, 0.15) is 4.88 Å². The van der Waals surface area contributed by atoms with E-state index in [-0.39, 0.29) is 16.5 Å². The molecule has 0 amide bonds. The Labute approximate surface area is 117 Å². The first-order chi connectivity index (χ1) is 7.56. The van der Waals surface area contributed by atoms with Gasteiger partial charge in [0, 0.05) is 6.42 Å². The summed E-state index contributed by atoms with van der Waals surface area (Å²) in [5.74, 6) is -0.489. The van der Waals surface area contributed by atoms with Gasteiger partial charge in [0.25, 0.3) is 0 Å². The number of halogens is 3. The van der Waals surface area contributed by atoms with Crippen molar-refractivity contribution in [1.29, 1.82) is 0 Å². The maximum atomic E-state index is 14.0. The second-order valence-corrected chi connectivity index (χ2v) is 7.95. The fraction of sp³-hybridized carbons (Fsp3) is 0.300. The van der Waals surface area contributed by atoms with Crippen LogP contribution in [0.25, 0.3) is 10.1 Å². The van der Waals surface area contributed by atoms with Crippen LogP contribution in [0.5, 0.6) is 0 Å². The van der Waals surface area contributed by atoms with Crippen molar-refractivity contribution in [2.45, 2.75) is 19.8 Å². The maximum Gasteiger partial charge on any atom is 0.175 e. The Bertz CT molecular complexity index is 559. The molecule has 0 aliphatic carbocycles. The molecule has 0 saturated carbocycles. The molecular weight excluding hydrogens is 379 g/mol. The molecule has 0 radical (unpaired) electrons. The van der Waals surface area contributed by atoms with E-state index in [1.165, 1.54) is 22.7 Å². The van der Waals surface area contributed by atoms with Crippen LogP contribution in [0.3, 0.4) is 0 Å². The van der Waals surface area contributed by atoms with Crippen molar-refractivity contribution in [2.75, 3.05) is 0 Å². The third-order valence-electron chi connectivity index (χ3n) is 2.13. The Hall–Kier alpha value is 0.220. The van der Waals surface area contributed by atoms with Crippen LogP contribution in [0.4, 0.5) is 4.39 Å². The van der Waals surface area contributed by atoms with E-state index < -0.39 is 0 Å². The predicted molar refractivity (Wildman–Crippen MR) is 74.3 cm³/mol. The number of rotatable bonds is 3. The second-order valence-electron chi connectivity index (χ2n) is 3.27. The van der Waals surface area contributed by atoms with Gasteiger partial charge in [-0.3, -0.25) is 4.79 Å². The topological polar surface area (TPSA) is 17.1 Å². The molecule has 0 N–H and O–H groups in total. The van der Waals surface area contributed by atoms with Crippen molar-refractivity contribution in [3.8, 4) is 0 Å². The number of Topliss-reactive ketones (excluding diaryl/α,β-unsaturated/α-hetero) is 1. The molecule has 0 aliphatic heterocycles. The zero-order valence-corrected chi connectivity index (χ0v) is 13.1. The Morgan fingerprint density at radius 2 is 2.00 bits per heavy atom. The highest BCUT2D eigenvalue weighted by atomic mass is 79.9. The molecule has 1 nitrogen and oxygen atoms in total. The molecule has 2 rings (SSSR count). The van der Waals surface area contributed by atoms with Crippen LogP contribution < -0.4 is 0 Å². The van der Waals surface area contributed by atoms with Crippen LogP contribution in [0, 0.1) is 5.82 Å². The Balaban J connectivity index is 2.61. The minimum absolute atomic E-state index is 0.106. The molecule has 0 aliphatic rings. The second kappa shape index (κ2) is 4.84. The van der Waals surface area contributed by atoms with Gasteiger partial charge in [0.2, 0.25) is 0 Å². The fourth-order valence-corrected chi connectivity index (χ4v) is 5.93. The molecule has 0 unspecified atom stereocenters. The standard InChI is InChI=1S/C10H7Br2FOS2/c1-2-3-4(14)7-6(13)5-8(15-7)10(12)16-9(5)11/h2-3H2,1H3. The first-order valence-electron chi connectivity index (χ1n) is 4.65. The lowest BCUT2D eigenvalue weighted by Gasteiger charge is -1.94. The number of hydrogen-bond acceptors (Lipinski definition) is 3. The van der Waals surface area contributed by atoms with Gasteiger partial charge < -0.3 is 0 Å². The first kappa shape index (κ1) is 12.7. The van der Waals surface area contributed by atoms with Gasteiger partial charge in [0.05, 0.1) is 17.7 Å². The molecule has 0 spiro atoms. The van der Waals surface area contributed by atoms with Crippen molar-refractivity contribution in [3.05, 3.63) is 18.3 Å². The lowest BCUT2D eigenvalue weighted by atomic mass is 10.2. The highest BCUT2D eigenvalue weighted by Crippen LogP contribution is 2.45. The molecule has 0 aromatic carbocycles. The highest BCUT2D eigenvalue weighted by Gasteiger charge is 2.22. The number of thiophene rings is 2. The van der Waals surface area contributed by atoms with E-state index in [0.717, 1.165) is 18.7 Å². The van der Waals surface area contributed by atoms with E-state index in [9.17, 15) is 9.18 Å². The van der Waals surface area contributed by atoms with Gasteiger partial charge in [0.15, 0.2) is 11.6 Å². The van der Waals surface area contributed by atoms with Crippen molar-refractivity contribution in [1.82, 2.24) is 0 Å². The molecule has 2 heterocycles. The van der Waals surface area contributed by atoms with Crippen LogP contribution in [-0.2, 0) is 0 Å². The molecule has 0 fully saturated rings. The summed E-state index contributed by atoms with van der Waals surface area (Å²) in [5.41, 5.74) is 0. The molecule has 86 valence electrons. The number of hydrogen-bond donors (Lipinski definition) is 0. The number of fused-ring (bicyclic) bond motifs is 1. The third kappa shape index (κ3) is 2.00. The largest absolute Gasteiger partial charge is 0.293 e. The normalized spacial score (nSPS) is 11.2. The fourth-order valence-electron chi connectivity index (χ4n) is 1.42. The van der Waals surface area contributed by atoms with Crippen LogP contribution in [0.1, 0.15) is 29.4 Å². The van der Waals surface area contributed by atoms with Crippen molar-refractivity contribution >= 4 is 70.4 Å². The summed E-state index contributed by atoms with van der Waals surface area (Å²) in [6, 6.07) is 0. The van der Waals surface area contributed by atoms with Gasteiger partial charge in [-0.1, -0.05) is 6.92 Å². The Morgan fingerprint density at radius 3 is 2.56 bits per heavy atom. The third-order valence-corrected chi connectivity index (χ3v) is 6.28. The average molecular weight is 386 g/mol. The summed E-state index contributed by atoms with van der Waals surface area (Å²) >= 11 is 9.35. The SMILES string of the molecule is CCCC(=O)c1sc2c(Br)sc(Br)c2c1F. The molecular formula is C10H7Br2FOS2. The quantitative estimate of drug-likeness (QED) is 0.627. The number of carbonyl (C=O) groups excluding carboxylic acids is 1. The van der Waals surface area contributed by atoms with Crippen molar-refractivity contribution in [2.24, 2.45) is 0 Å². The summed E-state index contributed by atoms with van der Waals surface area (Å²) in [6.45, 7) is 1.91. The molecule has 0 saturated heterocycles.